The molecule has 0 saturated carbocycles. The van der Waals surface area contributed by atoms with Crippen molar-refractivity contribution in [3.63, 3.8) is 0 Å². The first-order valence-electron chi connectivity index (χ1n) is 10.5. The number of aryl methyl sites for hydroxylation is 1. The summed E-state index contributed by atoms with van der Waals surface area (Å²) < 4.78 is 5.74. The number of benzene rings is 1. The first kappa shape index (κ1) is 22.6. The van der Waals surface area contributed by atoms with E-state index in [0.717, 1.165) is 41.8 Å². The minimum Gasteiger partial charge on any atom is -0.384 e. The molecule has 1 aliphatic rings. The molecule has 1 aromatic carbocycles. The fourth-order valence-corrected chi connectivity index (χ4v) is 4.18. The molecule has 0 aliphatic carbocycles. The van der Waals surface area contributed by atoms with Gasteiger partial charge in [0, 0.05) is 37.5 Å². The summed E-state index contributed by atoms with van der Waals surface area (Å²) in [5.41, 5.74) is 3.10. The molecule has 1 unspecified atom stereocenters. The fraction of sp³-hybridized carbons (Fsp3) is 0.500. The lowest BCUT2D eigenvalue weighted by atomic mass is 9.91. The van der Waals surface area contributed by atoms with Crippen molar-refractivity contribution in [1.82, 2.24) is 14.8 Å². The van der Waals surface area contributed by atoms with E-state index in [1.54, 1.807) is 13.2 Å². The number of nitrogens with zero attached hydrogens (tertiary/aromatic N) is 3. The molecular weight excluding hydrogens is 378 g/mol. The van der Waals surface area contributed by atoms with Crippen LogP contribution in [-0.4, -0.2) is 60.0 Å². The highest BCUT2D eigenvalue weighted by Gasteiger charge is 2.29. The SMILES string of the molecule is CO[C@H](c1ccc(C(C)(O)CN2CCCC2)cc1C=O)N(C)Cc1ccc(C)cn1. The summed E-state index contributed by atoms with van der Waals surface area (Å²) in [4.78, 5) is 20.7. The van der Waals surface area contributed by atoms with E-state index in [4.69, 9.17) is 4.74 Å². The van der Waals surface area contributed by atoms with Gasteiger partial charge in [0.1, 0.15) is 12.5 Å². The summed E-state index contributed by atoms with van der Waals surface area (Å²) in [6, 6.07) is 9.62. The predicted octanol–water partition coefficient (Wildman–Crippen LogP) is 3.28. The number of hydrogen-bond donors (Lipinski definition) is 1. The topological polar surface area (TPSA) is 65.9 Å². The maximum atomic E-state index is 11.9. The second kappa shape index (κ2) is 9.79. The molecule has 162 valence electrons. The Morgan fingerprint density at radius 3 is 2.63 bits per heavy atom. The first-order valence-corrected chi connectivity index (χ1v) is 10.5. The molecule has 0 amide bonds. The van der Waals surface area contributed by atoms with Crippen LogP contribution in [0.4, 0.5) is 0 Å². The third-order valence-electron chi connectivity index (χ3n) is 5.84. The number of likely N-dealkylation sites (tertiary alicyclic amines) is 1. The molecule has 1 saturated heterocycles. The van der Waals surface area contributed by atoms with Crippen molar-refractivity contribution in [1.29, 1.82) is 0 Å². The Balaban J connectivity index is 1.80. The van der Waals surface area contributed by atoms with Crippen molar-refractivity contribution >= 4 is 6.29 Å². The van der Waals surface area contributed by atoms with E-state index in [1.165, 1.54) is 12.8 Å². The molecule has 1 N–H and O–H groups in total. The number of ether oxygens (including phenoxy) is 1. The molecule has 0 bridgehead atoms. The molecular formula is C24H33N3O3. The van der Waals surface area contributed by atoms with Crippen molar-refractivity contribution in [3.05, 3.63) is 64.5 Å². The van der Waals surface area contributed by atoms with E-state index in [1.807, 2.05) is 56.3 Å². The Morgan fingerprint density at radius 2 is 2.03 bits per heavy atom. The summed E-state index contributed by atoms with van der Waals surface area (Å²) in [7, 11) is 3.58. The Bertz CT molecular complexity index is 845. The van der Waals surface area contributed by atoms with E-state index in [-0.39, 0.29) is 0 Å². The molecule has 0 radical (unpaired) electrons. The zero-order valence-corrected chi connectivity index (χ0v) is 18.5. The van der Waals surface area contributed by atoms with Gasteiger partial charge in [-0.2, -0.15) is 0 Å². The zero-order chi connectivity index (χ0) is 21.7. The molecule has 6 heteroatoms. The molecule has 6 nitrogen and oxygen atoms in total. The molecule has 2 atom stereocenters. The monoisotopic (exact) mass is 411 g/mol. The number of carbonyl (C=O) groups is 1. The van der Waals surface area contributed by atoms with E-state index in [9.17, 15) is 9.90 Å². The van der Waals surface area contributed by atoms with Gasteiger partial charge in [-0.25, -0.2) is 0 Å². The van der Waals surface area contributed by atoms with Gasteiger partial charge < -0.3 is 14.7 Å². The van der Waals surface area contributed by atoms with Gasteiger partial charge in [-0.05, 0) is 70.1 Å². The summed E-state index contributed by atoms with van der Waals surface area (Å²) >= 11 is 0. The van der Waals surface area contributed by atoms with E-state index < -0.39 is 11.8 Å². The van der Waals surface area contributed by atoms with Crippen molar-refractivity contribution in [2.24, 2.45) is 0 Å². The predicted molar refractivity (Wildman–Crippen MR) is 117 cm³/mol. The number of aliphatic hydroxyl groups is 1. The minimum absolute atomic E-state index is 0.397. The number of methoxy groups -OCH3 is 1. The third kappa shape index (κ3) is 5.32. The van der Waals surface area contributed by atoms with E-state index in [2.05, 4.69) is 9.88 Å². The lowest BCUT2D eigenvalue weighted by Crippen LogP contribution is -2.37. The third-order valence-corrected chi connectivity index (χ3v) is 5.84. The molecule has 1 aromatic heterocycles. The lowest BCUT2D eigenvalue weighted by molar-refractivity contribution is -0.0256. The Kier molecular flexibility index (Phi) is 7.36. The van der Waals surface area contributed by atoms with Gasteiger partial charge in [0.25, 0.3) is 0 Å². The van der Waals surface area contributed by atoms with E-state index in [0.29, 0.717) is 18.7 Å². The highest BCUT2D eigenvalue weighted by atomic mass is 16.5. The van der Waals surface area contributed by atoms with Crippen LogP contribution in [0.5, 0.6) is 0 Å². The summed E-state index contributed by atoms with van der Waals surface area (Å²) in [5, 5.41) is 11.1. The maximum absolute atomic E-state index is 11.9. The van der Waals surface area contributed by atoms with Crippen LogP contribution in [0, 0.1) is 6.92 Å². The zero-order valence-electron chi connectivity index (χ0n) is 18.5. The Hall–Kier alpha value is -2.12. The number of hydrogen-bond acceptors (Lipinski definition) is 6. The number of aldehydes is 1. The van der Waals surface area contributed by atoms with Crippen molar-refractivity contribution in [2.75, 3.05) is 33.8 Å². The van der Waals surface area contributed by atoms with Crippen LogP contribution in [0.3, 0.4) is 0 Å². The maximum Gasteiger partial charge on any atom is 0.150 e. The summed E-state index contributed by atoms with van der Waals surface area (Å²) in [6.07, 6.45) is 4.64. The summed E-state index contributed by atoms with van der Waals surface area (Å²) in [5.74, 6) is 0. The van der Waals surface area contributed by atoms with Gasteiger partial charge in [-0.3, -0.25) is 14.7 Å². The number of β-amino-alcohol motifs (C(OH)–C–C–N with tert-alkyl or cyclic N) is 1. The molecule has 1 aliphatic heterocycles. The highest BCUT2D eigenvalue weighted by molar-refractivity contribution is 5.78. The van der Waals surface area contributed by atoms with Crippen molar-refractivity contribution in [2.45, 2.75) is 45.1 Å². The molecule has 3 rings (SSSR count). The lowest BCUT2D eigenvalue weighted by Gasteiger charge is -2.31. The van der Waals surface area contributed by atoms with Gasteiger partial charge >= 0.3 is 0 Å². The highest BCUT2D eigenvalue weighted by Crippen LogP contribution is 2.30. The van der Waals surface area contributed by atoms with Crippen molar-refractivity contribution < 1.29 is 14.6 Å². The van der Waals surface area contributed by atoms with Gasteiger partial charge in [0.2, 0.25) is 0 Å². The average molecular weight is 412 g/mol. The van der Waals surface area contributed by atoms with Crippen LogP contribution in [0.2, 0.25) is 0 Å². The second-order valence-electron chi connectivity index (χ2n) is 8.55. The van der Waals surface area contributed by atoms with Crippen LogP contribution < -0.4 is 0 Å². The smallest absolute Gasteiger partial charge is 0.150 e. The molecule has 2 aromatic rings. The standard InChI is InChI=1S/C24H33N3O3/c1-18-7-9-21(25-14-18)15-26(3)23(30-4)22-10-8-20(13-19(22)16-28)24(2,29)17-27-11-5-6-12-27/h7-10,13-14,16,23,29H,5-6,11-12,15,17H2,1-4H3/t23-,24?/m1/s1. The molecule has 0 spiro atoms. The molecule has 2 heterocycles. The van der Waals surface area contributed by atoms with Crippen LogP contribution in [0.1, 0.15) is 58.7 Å². The number of aromatic nitrogens is 1. The summed E-state index contributed by atoms with van der Waals surface area (Å²) in [6.45, 7) is 7.01. The van der Waals surface area contributed by atoms with Crippen LogP contribution in [0.15, 0.2) is 36.5 Å². The Labute approximate surface area is 179 Å². The number of rotatable bonds is 9. The largest absolute Gasteiger partial charge is 0.384 e. The van der Waals surface area contributed by atoms with Crippen molar-refractivity contribution in [3.8, 4) is 0 Å². The minimum atomic E-state index is -1.01. The number of pyridine rings is 1. The molecule has 1 fully saturated rings. The fourth-order valence-electron chi connectivity index (χ4n) is 4.18. The van der Waals surface area contributed by atoms with Crippen LogP contribution >= 0.6 is 0 Å². The average Bonchev–Trinajstić information content (AvgIpc) is 3.22. The van der Waals surface area contributed by atoms with Gasteiger partial charge in [-0.15, -0.1) is 0 Å². The van der Waals surface area contributed by atoms with Crippen LogP contribution in [0.25, 0.3) is 0 Å². The quantitative estimate of drug-likeness (QED) is 0.505. The first-order chi connectivity index (χ1) is 14.3. The normalized spacial score (nSPS) is 17.8. The van der Waals surface area contributed by atoms with Gasteiger partial charge in [-0.1, -0.05) is 18.2 Å². The Morgan fingerprint density at radius 1 is 1.30 bits per heavy atom. The second-order valence-corrected chi connectivity index (χ2v) is 8.55. The molecule has 30 heavy (non-hydrogen) atoms. The van der Waals surface area contributed by atoms with Crippen LogP contribution in [-0.2, 0) is 16.9 Å². The van der Waals surface area contributed by atoms with E-state index >= 15 is 0 Å². The van der Waals surface area contributed by atoms with Gasteiger partial charge in [0.05, 0.1) is 11.3 Å². The van der Waals surface area contributed by atoms with Gasteiger partial charge in [0.15, 0.2) is 0 Å². The number of carbonyl (C=O) groups excluding carboxylic acids is 1.